The Morgan fingerprint density at radius 2 is 1.71 bits per heavy atom. The lowest BCUT2D eigenvalue weighted by atomic mass is 10.0. The van der Waals surface area contributed by atoms with E-state index in [-0.39, 0.29) is 30.9 Å². The van der Waals surface area contributed by atoms with Crippen molar-refractivity contribution in [1.29, 1.82) is 0 Å². The van der Waals surface area contributed by atoms with Gasteiger partial charge in [-0.05, 0) is 109 Å². The van der Waals surface area contributed by atoms with Crippen LogP contribution in [0.25, 0.3) is 0 Å². The third kappa shape index (κ3) is 8.01. The lowest BCUT2D eigenvalue weighted by molar-refractivity contribution is -0.143. The quantitative estimate of drug-likeness (QED) is 0.237. The highest BCUT2D eigenvalue weighted by Crippen LogP contribution is 2.42. The summed E-state index contributed by atoms with van der Waals surface area (Å²) in [5, 5.41) is 25.9. The number of aromatic hydroxyl groups is 1. The number of ether oxygens (including phenoxy) is 2. The second-order valence-electron chi connectivity index (χ2n) is 9.82. The standard InChI is InChI=1S/C29H28Br2IN3O7/c1-14(41-13-15-5-3-2-4-6-15)24-28(38)34-22(29(39)40)11-16-7-18(30)26(19(31)8-16)42-23-12-17(9-20(32)25(23)36)10-21(33)27(37)35-24/h2-9,12,14,21-22,24,36H,10-11,13,33H2,1H3,(H,34,38)(H,35,37)(H,39,40)/t14-,21-,22?,24-/m0/s1. The van der Waals surface area contributed by atoms with Crippen molar-refractivity contribution in [2.45, 2.75) is 50.6 Å². The van der Waals surface area contributed by atoms with E-state index in [9.17, 15) is 24.6 Å². The van der Waals surface area contributed by atoms with Crippen LogP contribution in [0.2, 0.25) is 0 Å². The Labute approximate surface area is 272 Å². The van der Waals surface area contributed by atoms with Gasteiger partial charge in [0.1, 0.15) is 12.1 Å². The van der Waals surface area contributed by atoms with Crippen LogP contribution in [0.15, 0.2) is 63.5 Å². The monoisotopic (exact) mass is 815 g/mol. The van der Waals surface area contributed by atoms with Crippen LogP contribution in [0.1, 0.15) is 23.6 Å². The smallest absolute Gasteiger partial charge is 0.326 e. The summed E-state index contributed by atoms with van der Waals surface area (Å²) in [6.45, 7) is 1.79. The fourth-order valence-electron chi connectivity index (χ4n) is 4.36. The highest BCUT2D eigenvalue weighted by molar-refractivity contribution is 14.1. The number of amides is 2. The van der Waals surface area contributed by atoms with E-state index in [2.05, 4.69) is 42.5 Å². The van der Waals surface area contributed by atoms with Crippen molar-refractivity contribution >= 4 is 72.2 Å². The van der Waals surface area contributed by atoms with Crippen LogP contribution in [0.3, 0.4) is 0 Å². The molecule has 2 amide bonds. The molecule has 42 heavy (non-hydrogen) atoms. The molecule has 0 aliphatic carbocycles. The van der Waals surface area contributed by atoms with E-state index >= 15 is 0 Å². The molecule has 1 unspecified atom stereocenters. The molecule has 0 saturated carbocycles. The molecule has 3 aromatic rings. The van der Waals surface area contributed by atoms with Gasteiger partial charge in [0.05, 0.1) is 31.3 Å². The molecule has 2 heterocycles. The largest absolute Gasteiger partial charge is 0.504 e. The van der Waals surface area contributed by atoms with Crippen LogP contribution in [0.4, 0.5) is 0 Å². The molecule has 0 fully saturated rings. The normalized spacial score (nSPS) is 20.2. The van der Waals surface area contributed by atoms with Crippen molar-refractivity contribution in [3.63, 3.8) is 0 Å². The molecule has 0 spiro atoms. The fraction of sp³-hybridized carbons (Fsp3) is 0.276. The average Bonchev–Trinajstić information content (AvgIpc) is 2.94. The van der Waals surface area contributed by atoms with Gasteiger partial charge in [-0.3, -0.25) is 9.59 Å². The number of hydrogen-bond acceptors (Lipinski definition) is 7. The minimum absolute atomic E-state index is 0.0606. The number of fused-ring (bicyclic) bond motifs is 10. The number of hydrogen-bond donors (Lipinski definition) is 5. The Kier molecular flexibility index (Phi) is 10.9. The number of aliphatic carboxylic acids is 1. The molecule has 13 heteroatoms. The molecule has 0 saturated heterocycles. The Bertz CT molecular complexity index is 1470. The molecule has 2 aliphatic rings. The van der Waals surface area contributed by atoms with Gasteiger partial charge in [-0.1, -0.05) is 30.3 Å². The molecule has 4 atom stereocenters. The van der Waals surface area contributed by atoms with Gasteiger partial charge in [0.2, 0.25) is 11.8 Å². The summed E-state index contributed by atoms with van der Waals surface area (Å²) in [5.74, 6) is -2.23. The van der Waals surface area contributed by atoms with Crippen LogP contribution < -0.4 is 21.1 Å². The zero-order valence-corrected chi connectivity index (χ0v) is 27.6. The van der Waals surface area contributed by atoms with Gasteiger partial charge in [0, 0.05) is 6.42 Å². The minimum atomic E-state index is -1.33. The van der Waals surface area contributed by atoms with E-state index in [4.69, 9.17) is 15.2 Å². The molecule has 222 valence electrons. The molecule has 0 aromatic heterocycles. The van der Waals surface area contributed by atoms with E-state index in [0.717, 1.165) is 5.56 Å². The Hall–Kier alpha value is -2.72. The number of benzene rings is 3. The van der Waals surface area contributed by atoms with E-state index in [1.807, 2.05) is 52.9 Å². The van der Waals surface area contributed by atoms with E-state index in [1.165, 1.54) is 0 Å². The van der Waals surface area contributed by atoms with Gasteiger partial charge in [-0.2, -0.15) is 0 Å². The van der Waals surface area contributed by atoms with Crippen LogP contribution in [0.5, 0.6) is 17.2 Å². The number of halogens is 3. The van der Waals surface area contributed by atoms with Crippen LogP contribution in [-0.2, 0) is 38.6 Å². The van der Waals surface area contributed by atoms with Crippen LogP contribution >= 0.6 is 54.5 Å². The Balaban J connectivity index is 1.72. The predicted molar refractivity (Wildman–Crippen MR) is 170 cm³/mol. The van der Waals surface area contributed by atoms with Gasteiger partial charge < -0.3 is 36.1 Å². The molecule has 4 bridgehead atoms. The van der Waals surface area contributed by atoms with E-state index in [0.29, 0.717) is 29.4 Å². The number of carboxylic acid groups (broad SMARTS) is 1. The number of carbonyl (C=O) groups excluding carboxylic acids is 2. The van der Waals surface area contributed by atoms with E-state index in [1.54, 1.807) is 31.2 Å². The van der Waals surface area contributed by atoms with Crippen molar-refractivity contribution in [3.8, 4) is 17.2 Å². The highest BCUT2D eigenvalue weighted by atomic mass is 127. The van der Waals surface area contributed by atoms with Crippen molar-refractivity contribution in [1.82, 2.24) is 10.6 Å². The Morgan fingerprint density at radius 3 is 2.36 bits per heavy atom. The number of phenols is 1. The molecule has 10 nitrogen and oxygen atoms in total. The maximum Gasteiger partial charge on any atom is 0.326 e. The number of nitrogens with one attached hydrogen (secondary N) is 2. The van der Waals surface area contributed by atoms with Crippen molar-refractivity contribution < 1.29 is 34.1 Å². The van der Waals surface area contributed by atoms with Gasteiger partial charge in [0.25, 0.3) is 0 Å². The summed E-state index contributed by atoms with van der Waals surface area (Å²) in [6, 6.07) is 12.3. The lowest BCUT2D eigenvalue weighted by Crippen LogP contribution is -2.59. The maximum atomic E-state index is 13.5. The third-order valence-electron chi connectivity index (χ3n) is 6.61. The molecule has 5 rings (SSSR count). The number of rotatable bonds is 5. The van der Waals surface area contributed by atoms with Crippen molar-refractivity contribution in [2.24, 2.45) is 5.73 Å². The molecule has 6 N–H and O–H groups in total. The number of carbonyl (C=O) groups is 3. The van der Waals surface area contributed by atoms with Crippen LogP contribution in [0, 0.1) is 3.57 Å². The maximum absolute atomic E-state index is 13.5. The number of nitrogens with two attached hydrogens (primary N) is 1. The molecular weight excluding hydrogens is 789 g/mol. The molecule has 3 aromatic carbocycles. The first-order valence-electron chi connectivity index (χ1n) is 12.8. The predicted octanol–water partition coefficient (Wildman–Crippen LogP) is 4.40. The van der Waals surface area contributed by atoms with Gasteiger partial charge in [0.15, 0.2) is 17.2 Å². The first-order valence-corrected chi connectivity index (χ1v) is 15.5. The minimum Gasteiger partial charge on any atom is -0.504 e. The van der Waals surface area contributed by atoms with Crippen LogP contribution in [-0.4, -0.2) is 52.2 Å². The number of phenolic OH excluding ortho intramolecular Hbond substituents is 1. The second kappa shape index (κ2) is 14.2. The van der Waals surface area contributed by atoms with Gasteiger partial charge in [-0.25, -0.2) is 4.79 Å². The Morgan fingerprint density at radius 1 is 1.07 bits per heavy atom. The number of carboxylic acids is 1. The summed E-state index contributed by atoms with van der Waals surface area (Å²) in [5.41, 5.74) is 8.31. The fourth-order valence-corrected chi connectivity index (χ4v) is 6.47. The van der Waals surface area contributed by atoms with E-state index < -0.39 is 42.0 Å². The summed E-state index contributed by atoms with van der Waals surface area (Å²) in [4.78, 5) is 39.0. The average molecular weight is 817 g/mol. The summed E-state index contributed by atoms with van der Waals surface area (Å²) in [7, 11) is 0. The molecular formula is C29H28Br2IN3O7. The summed E-state index contributed by atoms with van der Waals surface area (Å²) < 4.78 is 13.4. The summed E-state index contributed by atoms with van der Waals surface area (Å²) >= 11 is 8.89. The van der Waals surface area contributed by atoms with Crippen molar-refractivity contribution in [3.05, 3.63) is 83.8 Å². The first-order chi connectivity index (χ1) is 19.9. The third-order valence-corrected chi connectivity index (χ3v) is 8.61. The SMILES string of the molecule is C[C@H](OCc1ccccc1)[C@@H]1NC(=O)[C@@H](N)Cc2cc(I)c(O)c(c2)Oc2c(Br)cc(cc2Br)CC(C(=O)O)NC1=O. The highest BCUT2D eigenvalue weighted by Gasteiger charge is 2.33. The molecule has 2 aliphatic heterocycles. The topological polar surface area (TPSA) is 160 Å². The van der Waals surface area contributed by atoms with Gasteiger partial charge in [-0.15, -0.1) is 0 Å². The lowest BCUT2D eigenvalue weighted by Gasteiger charge is -2.27. The zero-order chi connectivity index (χ0) is 30.6. The summed E-state index contributed by atoms with van der Waals surface area (Å²) in [6.07, 6.45) is -0.850. The molecule has 0 radical (unpaired) electrons. The zero-order valence-electron chi connectivity index (χ0n) is 22.3. The second-order valence-corrected chi connectivity index (χ2v) is 12.7. The van der Waals surface area contributed by atoms with Gasteiger partial charge >= 0.3 is 5.97 Å². The van der Waals surface area contributed by atoms with Crippen molar-refractivity contribution in [2.75, 3.05) is 0 Å². The first kappa shape index (κ1) is 32.2.